The highest BCUT2D eigenvalue weighted by Crippen LogP contribution is 2.23. The molecule has 1 aromatic rings. The van der Waals surface area contributed by atoms with Crippen LogP contribution in [0.15, 0.2) is 29.2 Å². The van der Waals surface area contributed by atoms with Gasteiger partial charge in [-0.2, -0.15) is 0 Å². The van der Waals surface area contributed by atoms with Gasteiger partial charge in [-0.3, -0.25) is 4.79 Å². The number of ether oxygens (including phenoxy) is 1. The van der Waals surface area contributed by atoms with Crippen molar-refractivity contribution in [3.63, 3.8) is 0 Å². The van der Waals surface area contributed by atoms with Crippen molar-refractivity contribution in [3.8, 4) is 0 Å². The van der Waals surface area contributed by atoms with Gasteiger partial charge in [-0.1, -0.05) is 31.4 Å². The van der Waals surface area contributed by atoms with Crippen molar-refractivity contribution in [1.29, 1.82) is 0 Å². The minimum atomic E-state index is 0.0865. The second-order valence-electron chi connectivity index (χ2n) is 5.17. The van der Waals surface area contributed by atoms with Gasteiger partial charge >= 0.3 is 0 Å². The lowest BCUT2D eigenvalue weighted by Gasteiger charge is -2.21. The molecule has 1 fully saturated rings. The first-order valence-electron chi connectivity index (χ1n) is 7.04. The Morgan fingerprint density at radius 3 is 2.53 bits per heavy atom. The minimum absolute atomic E-state index is 0.0865. The molecule has 0 unspecified atom stereocenters. The highest BCUT2D eigenvalue weighted by Gasteiger charge is 2.14. The van der Waals surface area contributed by atoms with Crippen LogP contribution in [0.3, 0.4) is 0 Å². The van der Waals surface area contributed by atoms with Crippen molar-refractivity contribution < 1.29 is 9.53 Å². The molecule has 0 radical (unpaired) electrons. The molecular weight excluding hydrogens is 256 g/mol. The van der Waals surface area contributed by atoms with Crippen LogP contribution in [0.5, 0.6) is 0 Å². The maximum Gasteiger partial charge on any atom is 0.188 e. The fourth-order valence-corrected chi connectivity index (χ4v) is 2.94. The summed E-state index contributed by atoms with van der Waals surface area (Å²) in [6.45, 7) is 0.962. The van der Waals surface area contributed by atoms with E-state index in [1.54, 1.807) is 11.8 Å². The van der Waals surface area contributed by atoms with Crippen molar-refractivity contribution in [3.05, 3.63) is 29.8 Å². The van der Waals surface area contributed by atoms with E-state index in [0.29, 0.717) is 5.92 Å². The van der Waals surface area contributed by atoms with Crippen molar-refractivity contribution in [2.24, 2.45) is 5.92 Å². The summed E-state index contributed by atoms with van der Waals surface area (Å²) in [4.78, 5) is 13.1. The van der Waals surface area contributed by atoms with Crippen LogP contribution >= 0.6 is 11.8 Å². The predicted molar refractivity (Wildman–Crippen MR) is 79.9 cm³/mol. The van der Waals surface area contributed by atoms with Gasteiger partial charge in [0.05, 0.1) is 6.61 Å². The molecule has 1 aliphatic rings. The average Bonchev–Trinajstić information content (AvgIpc) is 2.48. The number of rotatable bonds is 6. The molecule has 1 aromatic carbocycles. The van der Waals surface area contributed by atoms with Crippen LogP contribution in [-0.2, 0) is 4.74 Å². The SMILES string of the molecule is CSc1ccc(C(=O)COCC2CCCCC2)cc1. The number of hydrogen-bond donors (Lipinski definition) is 0. The molecule has 0 atom stereocenters. The summed E-state index contributed by atoms with van der Waals surface area (Å²) in [5, 5.41) is 0. The summed E-state index contributed by atoms with van der Waals surface area (Å²) in [5.41, 5.74) is 0.751. The lowest BCUT2D eigenvalue weighted by Crippen LogP contribution is -2.17. The Balaban J connectivity index is 1.73. The third kappa shape index (κ3) is 4.66. The van der Waals surface area contributed by atoms with Gasteiger partial charge in [0, 0.05) is 10.5 Å². The Hall–Kier alpha value is -0.800. The van der Waals surface area contributed by atoms with Gasteiger partial charge in [-0.15, -0.1) is 11.8 Å². The molecule has 1 saturated carbocycles. The third-order valence-corrected chi connectivity index (χ3v) is 4.47. The zero-order chi connectivity index (χ0) is 13.5. The molecular formula is C16H22O2S. The first-order chi connectivity index (χ1) is 9.29. The number of Topliss-reactive ketones (excluding diaryl/α,β-unsaturated/α-hetero) is 1. The third-order valence-electron chi connectivity index (χ3n) is 3.72. The predicted octanol–water partition coefficient (Wildman–Crippen LogP) is 4.19. The average molecular weight is 278 g/mol. The summed E-state index contributed by atoms with van der Waals surface area (Å²) in [5.74, 6) is 0.754. The summed E-state index contributed by atoms with van der Waals surface area (Å²) in [6, 6.07) is 7.74. The Morgan fingerprint density at radius 1 is 1.21 bits per heavy atom. The smallest absolute Gasteiger partial charge is 0.188 e. The Bertz CT molecular complexity index is 394. The molecule has 104 valence electrons. The van der Waals surface area contributed by atoms with Crippen molar-refractivity contribution in [2.45, 2.75) is 37.0 Å². The Kier molecular flexibility index (Phi) is 5.93. The molecule has 0 bridgehead atoms. The molecule has 0 spiro atoms. The molecule has 2 nitrogen and oxygen atoms in total. The van der Waals surface area contributed by atoms with E-state index in [0.717, 1.165) is 12.2 Å². The maximum atomic E-state index is 12.0. The second kappa shape index (κ2) is 7.71. The molecule has 0 aliphatic heterocycles. The van der Waals surface area contributed by atoms with Crippen LogP contribution in [0.1, 0.15) is 42.5 Å². The van der Waals surface area contributed by atoms with Gasteiger partial charge in [0.2, 0.25) is 0 Å². The van der Waals surface area contributed by atoms with Crippen LogP contribution in [0.25, 0.3) is 0 Å². The highest BCUT2D eigenvalue weighted by molar-refractivity contribution is 7.98. The maximum absolute atomic E-state index is 12.0. The minimum Gasteiger partial charge on any atom is -0.373 e. The monoisotopic (exact) mass is 278 g/mol. The normalized spacial score (nSPS) is 16.5. The van der Waals surface area contributed by atoms with Crippen LogP contribution in [-0.4, -0.2) is 25.3 Å². The molecule has 0 saturated heterocycles. The molecule has 0 aromatic heterocycles. The Morgan fingerprint density at radius 2 is 1.89 bits per heavy atom. The zero-order valence-corrected chi connectivity index (χ0v) is 12.4. The molecule has 19 heavy (non-hydrogen) atoms. The van der Waals surface area contributed by atoms with Crippen LogP contribution in [0, 0.1) is 5.92 Å². The zero-order valence-electron chi connectivity index (χ0n) is 11.6. The van der Waals surface area contributed by atoms with Gasteiger partial charge in [0.15, 0.2) is 5.78 Å². The molecule has 2 rings (SSSR count). The van der Waals surface area contributed by atoms with E-state index in [9.17, 15) is 4.79 Å². The summed E-state index contributed by atoms with van der Waals surface area (Å²) >= 11 is 1.68. The number of benzene rings is 1. The van der Waals surface area contributed by atoms with Crippen LogP contribution in [0.4, 0.5) is 0 Å². The molecule has 0 heterocycles. The number of carbonyl (C=O) groups is 1. The number of hydrogen-bond acceptors (Lipinski definition) is 3. The quantitative estimate of drug-likeness (QED) is 0.576. The molecule has 1 aliphatic carbocycles. The first kappa shape index (κ1) is 14.6. The van der Waals surface area contributed by atoms with E-state index >= 15 is 0 Å². The number of carbonyl (C=O) groups excluding carboxylic acids is 1. The van der Waals surface area contributed by atoms with Gasteiger partial charge < -0.3 is 4.74 Å². The van der Waals surface area contributed by atoms with Crippen LogP contribution in [0.2, 0.25) is 0 Å². The fraction of sp³-hybridized carbons (Fsp3) is 0.562. The number of thioether (sulfide) groups is 1. The van der Waals surface area contributed by atoms with Crippen molar-refractivity contribution in [1.82, 2.24) is 0 Å². The fourth-order valence-electron chi connectivity index (χ4n) is 2.53. The van der Waals surface area contributed by atoms with E-state index in [2.05, 4.69) is 0 Å². The van der Waals surface area contributed by atoms with Gasteiger partial charge in [-0.05, 0) is 37.1 Å². The van der Waals surface area contributed by atoms with Gasteiger partial charge in [-0.25, -0.2) is 0 Å². The van der Waals surface area contributed by atoms with E-state index < -0.39 is 0 Å². The van der Waals surface area contributed by atoms with Crippen molar-refractivity contribution >= 4 is 17.5 Å². The lowest BCUT2D eigenvalue weighted by molar-refractivity contribution is 0.0628. The summed E-state index contributed by atoms with van der Waals surface area (Å²) in [6.07, 6.45) is 8.55. The topological polar surface area (TPSA) is 26.3 Å². The van der Waals surface area contributed by atoms with E-state index in [1.165, 1.54) is 37.0 Å². The summed E-state index contributed by atoms with van der Waals surface area (Å²) in [7, 11) is 0. The molecule has 3 heteroatoms. The van der Waals surface area contributed by atoms with E-state index in [-0.39, 0.29) is 12.4 Å². The highest BCUT2D eigenvalue weighted by atomic mass is 32.2. The van der Waals surface area contributed by atoms with E-state index in [4.69, 9.17) is 4.74 Å². The lowest BCUT2D eigenvalue weighted by atomic mass is 9.90. The van der Waals surface area contributed by atoms with Gasteiger partial charge in [0.25, 0.3) is 0 Å². The standard InChI is InChI=1S/C16H22O2S/c1-19-15-9-7-14(8-10-15)16(17)12-18-11-13-5-3-2-4-6-13/h7-10,13H,2-6,11-12H2,1H3. The van der Waals surface area contributed by atoms with E-state index in [1.807, 2.05) is 30.5 Å². The van der Waals surface area contributed by atoms with Crippen LogP contribution < -0.4 is 0 Å². The number of ketones is 1. The summed E-state index contributed by atoms with van der Waals surface area (Å²) < 4.78 is 5.59. The van der Waals surface area contributed by atoms with Gasteiger partial charge in [0.1, 0.15) is 6.61 Å². The largest absolute Gasteiger partial charge is 0.373 e. The van der Waals surface area contributed by atoms with Crippen molar-refractivity contribution in [2.75, 3.05) is 19.5 Å². The first-order valence-corrected chi connectivity index (χ1v) is 8.27. The molecule has 0 amide bonds. The second-order valence-corrected chi connectivity index (χ2v) is 6.05. The molecule has 0 N–H and O–H groups in total. The Labute approximate surface area is 119 Å².